The van der Waals surface area contributed by atoms with Crippen molar-refractivity contribution in [1.82, 2.24) is 10.9 Å². The van der Waals surface area contributed by atoms with Crippen molar-refractivity contribution < 1.29 is 9.53 Å². The SMILES string of the molecule is CNNC(=O)CCOc1ccccc1C. The quantitative estimate of drug-likeness (QED) is 0.710. The Bertz CT molecular complexity index is 326. The Morgan fingerprint density at radius 3 is 2.80 bits per heavy atom. The zero-order valence-corrected chi connectivity index (χ0v) is 9.04. The van der Waals surface area contributed by atoms with E-state index < -0.39 is 0 Å². The van der Waals surface area contributed by atoms with Gasteiger partial charge in [0.25, 0.3) is 0 Å². The molecule has 0 aliphatic carbocycles. The molecule has 0 saturated carbocycles. The van der Waals surface area contributed by atoms with Crippen LogP contribution in [0.2, 0.25) is 0 Å². The molecule has 1 aromatic carbocycles. The van der Waals surface area contributed by atoms with Crippen molar-refractivity contribution in [2.24, 2.45) is 0 Å². The summed E-state index contributed by atoms with van der Waals surface area (Å²) in [7, 11) is 1.65. The minimum atomic E-state index is -0.0777. The zero-order valence-electron chi connectivity index (χ0n) is 9.04. The summed E-state index contributed by atoms with van der Waals surface area (Å²) in [6.45, 7) is 2.36. The topological polar surface area (TPSA) is 50.4 Å². The normalized spacial score (nSPS) is 9.73. The second-order valence-electron chi connectivity index (χ2n) is 3.16. The van der Waals surface area contributed by atoms with Gasteiger partial charge >= 0.3 is 0 Å². The molecule has 82 valence electrons. The number of aryl methyl sites for hydroxylation is 1. The van der Waals surface area contributed by atoms with Gasteiger partial charge in [0, 0.05) is 7.05 Å². The second-order valence-corrected chi connectivity index (χ2v) is 3.16. The Morgan fingerprint density at radius 1 is 1.40 bits per heavy atom. The van der Waals surface area contributed by atoms with E-state index in [1.165, 1.54) is 0 Å². The summed E-state index contributed by atoms with van der Waals surface area (Å²) in [5.74, 6) is 0.751. The summed E-state index contributed by atoms with van der Waals surface area (Å²) in [5, 5.41) is 0. The van der Waals surface area contributed by atoms with Crippen LogP contribution >= 0.6 is 0 Å². The molecule has 0 aliphatic heterocycles. The summed E-state index contributed by atoms with van der Waals surface area (Å²) >= 11 is 0. The minimum Gasteiger partial charge on any atom is -0.493 e. The van der Waals surface area contributed by atoms with E-state index in [0.717, 1.165) is 11.3 Å². The highest BCUT2D eigenvalue weighted by atomic mass is 16.5. The third-order valence-electron chi connectivity index (χ3n) is 1.94. The van der Waals surface area contributed by atoms with Crippen LogP contribution in [0.15, 0.2) is 24.3 Å². The molecule has 1 rings (SSSR count). The molecule has 1 amide bonds. The summed E-state index contributed by atoms with van der Waals surface area (Å²) < 4.78 is 5.47. The molecule has 0 spiro atoms. The van der Waals surface area contributed by atoms with Gasteiger partial charge in [-0.15, -0.1) is 0 Å². The van der Waals surface area contributed by atoms with E-state index in [1.807, 2.05) is 31.2 Å². The van der Waals surface area contributed by atoms with Crippen LogP contribution in [0.1, 0.15) is 12.0 Å². The van der Waals surface area contributed by atoms with Gasteiger partial charge in [0.15, 0.2) is 0 Å². The van der Waals surface area contributed by atoms with Crippen molar-refractivity contribution in [2.75, 3.05) is 13.7 Å². The highest BCUT2D eigenvalue weighted by Crippen LogP contribution is 2.15. The molecule has 4 nitrogen and oxygen atoms in total. The maximum atomic E-state index is 11.1. The van der Waals surface area contributed by atoms with Crippen molar-refractivity contribution in [1.29, 1.82) is 0 Å². The number of nitrogens with one attached hydrogen (secondary N) is 2. The van der Waals surface area contributed by atoms with Gasteiger partial charge in [-0.1, -0.05) is 18.2 Å². The lowest BCUT2D eigenvalue weighted by Crippen LogP contribution is -2.34. The predicted molar refractivity (Wildman–Crippen MR) is 58.5 cm³/mol. The van der Waals surface area contributed by atoms with Crippen molar-refractivity contribution in [3.05, 3.63) is 29.8 Å². The smallest absolute Gasteiger partial charge is 0.237 e. The van der Waals surface area contributed by atoms with Crippen LogP contribution in [0.4, 0.5) is 0 Å². The lowest BCUT2D eigenvalue weighted by Gasteiger charge is -2.08. The summed E-state index contributed by atoms with van der Waals surface area (Å²) in [6.07, 6.45) is 0.342. The van der Waals surface area contributed by atoms with Crippen molar-refractivity contribution >= 4 is 5.91 Å². The first-order valence-corrected chi connectivity index (χ1v) is 4.88. The minimum absolute atomic E-state index is 0.0777. The Kier molecular flexibility index (Phi) is 4.63. The fourth-order valence-electron chi connectivity index (χ4n) is 1.17. The molecule has 15 heavy (non-hydrogen) atoms. The maximum absolute atomic E-state index is 11.1. The molecular formula is C11H16N2O2. The molecule has 0 aliphatic rings. The molecule has 0 unspecified atom stereocenters. The number of benzene rings is 1. The largest absolute Gasteiger partial charge is 0.493 e. The predicted octanol–water partition coefficient (Wildman–Crippen LogP) is 1.01. The van der Waals surface area contributed by atoms with Gasteiger partial charge < -0.3 is 4.74 Å². The van der Waals surface area contributed by atoms with Gasteiger partial charge in [0.05, 0.1) is 13.0 Å². The van der Waals surface area contributed by atoms with E-state index in [9.17, 15) is 4.79 Å². The number of carbonyl (C=O) groups is 1. The van der Waals surface area contributed by atoms with E-state index in [4.69, 9.17) is 4.74 Å². The number of hydrogen-bond acceptors (Lipinski definition) is 3. The average molecular weight is 208 g/mol. The summed E-state index contributed by atoms with van der Waals surface area (Å²) in [6, 6.07) is 7.74. The van der Waals surface area contributed by atoms with Gasteiger partial charge in [0.2, 0.25) is 5.91 Å². The van der Waals surface area contributed by atoms with Crippen molar-refractivity contribution in [3.8, 4) is 5.75 Å². The Morgan fingerprint density at radius 2 is 2.13 bits per heavy atom. The third-order valence-corrected chi connectivity index (χ3v) is 1.94. The Balaban J connectivity index is 2.32. The lowest BCUT2D eigenvalue weighted by molar-refractivity contribution is -0.122. The number of hydrogen-bond donors (Lipinski definition) is 2. The lowest BCUT2D eigenvalue weighted by atomic mass is 10.2. The summed E-state index contributed by atoms with van der Waals surface area (Å²) in [5.41, 5.74) is 6.13. The first-order chi connectivity index (χ1) is 7.24. The molecule has 0 bridgehead atoms. The highest BCUT2D eigenvalue weighted by molar-refractivity contribution is 5.75. The average Bonchev–Trinajstić information content (AvgIpc) is 2.21. The Labute approximate surface area is 89.6 Å². The van der Waals surface area contributed by atoms with Gasteiger partial charge in [-0.05, 0) is 18.6 Å². The number of carbonyl (C=O) groups excluding carboxylic acids is 1. The van der Waals surface area contributed by atoms with E-state index in [0.29, 0.717) is 13.0 Å². The van der Waals surface area contributed by atoms with Crippen molar-refractivity contribution in [2.45, 2.75) is 13.3 Å². The van der Waals surface area contributed by atoms with Gasteiger partial charge in [0.1, 0.15) is 5.75 Å². The molecule has 0 fully saturated rings. The molecule has 2 N–H and O–H groups in total. The first-order valence-electron chi connectivity index (χ1n) is 4.88. The molecule has 4 heteroatoms. The van der Waals surface area contributed by atoms with Crippen LogP contribution in [0.5, 0.6) is 5.75 Å². The Hall–Kier alpha value is -1.55. The fourth-order valence-corrected chi connectivity index (χ4v) is 1.17. The molecule has 0 aromatic heterocycles. The molecule has 0 heterocycles. The van der Waals surface area contributed by atoms with E-state index in [2.05, 4.69) is 10.9 Å². The van der Waals surface area contributed by atoms with Crippen LogP contribution in [-0.4, -0.2) is 19.6 Å². The van der Waals surface area contributed by atoms with E-state index in [-0.39, 0.29) is 5.91 Å². The number of amides is 1. The second kappa shape index (κ2) is 6.03. The maximum Gasteiger partial charge on any atom is 0.237 e. The zero-order chi connectivity index (χ0) is 11.1. The van der Waals surface area contributed by atoms with Gasteiger partial charge in [-0.25, -0.2) is 5.43 Å². The van der Waals surface area contributed by atoms with Gasteiger partial charge in [-0.2, -0.15) is 0 Å². The number of para-hydroxylation sites is 1. The standard InChI is InChI=1S/C11H16N2O2/c1-9-5-3-4-6-10(9)15-8-7-11(14)13-12-2/h3-6,12H,7-8H2,1-2H3,(H,13,14). The third kappa shape index (κ3) is 3.99. The monoisotopic (exact) mass is 208 g/mol. The van der Waals surface area contributed by atoms with Crippen LogP contribution in [0.25, 0.3) is 0 Å². The van der Waals surface area contributed by atoms with Crippen molar-refractivity contribution in [3.63, 3.8) is 0 Å². The molecule has 0 radical (unpaired) electrons. The van der Waals surface area contributed by atoms with Gasteiger partial charge in [-0.3, -0.25) is 10.2 Å². The molecular weight excluding hydrogens is 192 g/mol. The van der Waals surface area contributed by atoms with E-state index >= 15 is 0 Å². The fraction of sp³-hybridized carbons (Fsp3) is 0.364. The number of ether oxygens (including phenoxy) is 1. The molecule has 1 aromatic rings. The van der Waals surface area contributed by atoms with Crippen LogP contribution in [0, 0.1) is 6.92 Å². The van der Waals surface area contributed by atoms with Crippen LogP contribution < -0.4 is 15.6 Å². The van der Waals surface area contributed by atoms with E-state index in [1.54, 1.807) is 7.05 Å². The number of hydrazine groups is 1. The molecule has 0 saturated heterocycles. The molecule has 0 atom stereocenters. The highest BCUT2D eigenvalue weighted by Gasteiger charge is 2.01. The number of rotatable bonds is 5. The van der Waals surface area contributed by atoms with Crippen LogP contribution in [-0.2, 0) is 4.79 Å². The van der Waals surface area contributed by atoms with Crippen LogP contribution in [0.3, 0.4) is 0 Å². The first kappa shape index (κ1) is 11.5. The summed E-state index contributed by atoms with van der Waals surface area (Å²) in [4.78, 5) is 11.1.